The SMILES string of the molecule is CCCC(C)(N)C(=O)N(C)CC(C)C. The molecule has 1 amide bonds. The van der Waals surface area contributed by atoms with Crippen LogP contribution >= 0.6 is 0 Å². The van der Waals surface area contributed by atoms with Crippen molar-refractivity contribution in [3.8, 4) is 0 Å². The first kappa shape index (κ1) is 13.4. The third-order valence-electron chi connectivity index (χ3n) is 2.24. The molecule has 2 N–H and O–H groups in total. The summed E-state index contributed by atoms with van der Waals surface area (Å²) < 4.78 is 0. The third-order valence-corrected chi connectivity index (χ3v) is 2.24. The Bertz CT molecular complexity index is 188. The fourth-order valence-electron chi connectivity index (χ4n) is 1.69. The molecule has 3 nitrogen and oxygen atoms in total. The molecule has 0 aliphatic rings. The highest BCUT2D eigenvalue weighted by Crippen LogP contribution is 2.12. The molecule has 84 valence electrons. The molecule has 0 saturated carbocycles. The third kappa shape index (κ3) is 4.09. The number of nitrogens with two attached hydrogens (primary N) is 1. The van der Waals surface area contributed by atoms with E-state index < -0.39 is 5.54 Å². The lowest BCUT2D eigenvalue weighted by Gasteiger charge is -2.29. The van der Waals surface area contributed by atoms with Crippen LogP contribution in [0.5, 0.6) is 0 Å². The zero-order valence-electron chi connectivity index (χ0n) is 10.1. The molecule has 14 heavy (non-hydrogen) atoms. The molecule has 0 fully saturated rings. The van der Waals surface area contributed by atoms with Crippen LogP contribution < -0.4 is 5.73 Å². The second-order valence-electron chi connectivity index (χ2n) is 4.75. The number of rotatable bonds is 5. The molecule has 0 heterocycles. The lowest BCUT2D eigenvalue weighted by Crippen LogP contribution is -2.52. The fraction of sp³-hybridized carbons (Fsp3) is 0.909. The van der Waals surface area contributed by atoms with Crippen molar-refractivity contribution in [3.05, 3.63) is 0 Å². The average Bonchev–Trinajstić information content (AvgIpc) is 2.01. The van der Waals surface area contributed by atoms with E-state index in [1.165, 1.54) is 0 Å². The van der Waals surface area contributed by atoms with Crippen molar-refractivity contribution in [3.63, 3.8) is 0 Å². The molecule has 0 aliphatic carbocycles. The zero-order chi connectivity index (χ0) is 11.4. The topological polar surface area (TPSA) is 46.3 Å². The predicted octanol–water partition coefficient (Wildman–Crippen LogP) is 1.62. The first-order valence-corrected chi connectivity index (χ1v) is 5.35. The van der Waals surface area contributed by atoms with Gasteiger partial charge in [-0.1, -0.05) is 27.2 Å². The maximum atomic E-state index is 11.9. The predicted molar refractivity (Wildman–Crippen MR) is 60.0 cm³/mol. The van der Waals surface area contributed by atoms with Gasteiger partial charge in [0.15, 0.2) is 0 Å². The standard InChI is InChI=1S/C11H24N2O/c1-6-7-11(4,12)10(14)13(5)8-9(2)3/h9H,6-8,12H2,1-5H3. The van der Waals surface area contributed by atoms with E-state index in [4.69, 9.17) is 5.73 Å². The van der Waals surface area contributed by atoms with Crippen LogP contribution in [0.25, 0.3) is 0 Å². The molecule has 1 unspecified atom stereocenters. The van der Waals surface area contributed by atoms with E-state index >= 15 is 0 Å². The van der Waals surface area contributed by atoms with Gasteiger partial charge in [0.25, 0.3) is 0 Å². The molecule has 0 saturated heterocycles. The van der Waals surface area contributed by atoms with Gasteiger partial charge in [-0.25, -0.2) is 0 Å². The van der Waals surface area contributed by atoms with E-state index in [1.807, 2.05) is 20.9 Å². The molecule has 0 spiro atoms. The van der Waals surface area contributed by atoms with Crippen molar-refractivity contribution >= 4 is 5.91 Å². The molecule has 0 aromatic carbocycles. The van der Waals surface area contributed by atoms with E-state index in [1.54, 1.807) is 4.90 Å². The Labute approximate surface area is 87.6 Å². The highest BCUT2D eigenvalue weighted by Gasteiger charge is 2.30. The number of likely N-dealkylation sites (N-methyl/N-ethyl adjacent to an activating group) is 1. The Balaban J connectivity index is 4.29. The monoisotopic (exact) mass is 200 g/mol. The van der Waals surface area contributed by atoms with Crippen LogP contribution in [0.15, 0.2) is 0 Å². The van der Waals surface area contributed by atoms with Crippen LogP contribution in [-0.4, -0.2) is 29.9 Å². The van der Waals surface area contributed by atoms with Crippen molar-refractivity contribution in [2.24, 2.45) is 11.7 Å². The summed E-state index contributed by atoms with van der Waals surface area (Å²) >= 11 is 0. The first-order chi connectivity index (χ1) is 6.31. The van der Waals surface area contributed by atoms with Gasteiger partial charge in [0.05, 0.1) is 5.54 Å². The van der Waals surface area contributed by atoms with Gasteiger partial charge in [-0.3, -0.25) is 4.79 Å². The maximum Gasteiger partial charge on any atom is 0.242 e. The summed E-state index contributed by atoms with van der Waals surface area (Å²) in [5.74, 6) is 0.537. The van der Waals surface area contributed by atoms with E-state index in [2.05, 4.69) is 13.8 Å². The van der Waals surface area contributed by atoms with Crippen molar-refractivity contribution in [1.82, 2.24) is 4.90 Å². The number of hydrogen-bond donors (Lipinski definition) is 1. The molecular weight excluding hydrogens is 176 g/mol. The van der Waals surface area contributed by atoms with Gasteiger partial charge in [0, 0.05) is 13.6 Å². The van der Waals surface area contributed by atoms with Gasteiger partial charge in [-0.15, -0.1) is 0 Å². The summed E-state index contributed by atoms with van der Waals surface area (Å²) in [6.45, 7) is 8.82. The molecule has 0 rings (SSSR count). The number of carbonyl (C=O) groups excluding carboxylic acids is 1. The largest absolute Gasteiger partial charge is 0.344 e. The summed E-state index contributed by atoms with van der Waals surface area (Å²) in [5, 5.41) is 0. The fourth-order valence-corrected chi connectivity index (χ4v) is 1.69. The summed E-state index contributed by atoms with van der Waals surface area (Å²) in [6, 6.07) is 0. The normalized spacial score (nSPS) is 15.4. The number of carbonyl (C=O) groups is 1. The molecule has 0 aromatic rings. The second-order valence-corrected chi connectivity index (χ2v) is 4.75. The lowest BCUT2D eigenvalue weighted by atomic mass is 9.95. The summed E-state index contributed by atoms with van der Waals surface area (Å²) in [5.41, 5.74) is 5.26. The van der Waals surface area contributed by atoms with Crippen molar-refractivity contribution in [1.29, 1.82) is 0 Å². The van der Waals surface area contributed by atoms with Crippen LogP contribution in [0.2, 0.25) is 0 Å². The van der Waals surface area contributed by atoms with Crippen molar-refractivity contribution in [2.75, 3.05) is 13.6 Å². The first-order valence-electron chi connectivity index (χ1n) is 5.35. The Morgan fingerprint density at radius 1 is 1.50 bits per heavy atom. The Hall–Kier alpha value is -0.570. The highest BCUT2D eigenvalue weighted by molar-refractivity contribution is 5.85. The molecule has 3 heteroatoms. The quantitative estimate of drug-likeness (QED) is 0.733. The minimum Gasteiger partial charge on any atom is -0.344 e. The molecule has 0 aromatic heterocycles. The molecular formula is C11H24N2O. The Morgan fingerprint density at radius 2 is 2.00 bits per heavy atom. The lowest BCUT2D eigenvalue weighted by molar-refractivity contribution is -0.135. The van der Waals surface area contributed by atoms with Crippen LogP contribution in [0.4, 0.5) is 0 Å². The van der Waals surface area contributed by atoms with Gasteiger partial charge in [-0.2, -0.15) is 0 Å². The molecule has 0 aliphatic heterocycles. The van der Waals surface area contributed by atoms with Crippen LogP contribution in [0.3, 0.4) is 0 Å². The van der Waals surface area contributed by atoms with Crippen LogP contribution in [0, 0.1) is 5.92 Å². The molecule has 0 radical (unpaired) electrons. The van der Waals surface area contributed by atoms with Gasteiger partial charge in [-0.05, 0) is 19.3 Å². The van der Waals surface area contributed by atoms with Crippen molar-refractivity contribution < 1.29 is 4.79 Å². The highest BCUT2D eigenvalue weighted by atomic mass is 16.2. The van der Waals surface area contributed by atoms with Crippen LogP contribution in [-0.2, 0) is 4.79 Å². The Kier molecular flexibility index (Phi) is 5.13. The number of amides is 1. The second kappa shape index (κ2) is 5.35. The minimum absolute atomic E-state index is 0.0491. The van der Waals surface area contributed by atoms with E-state index in [0.717, 1.165) is 19.4 Å². The zero-order valence-corrected chi connectivity index (χ0v) is 10.1. The maximum absolute atomic E-state index is 11.9. The van der Waals surface area contributed by atoms with E-state index in [-0.39, 0.29) is 5.91 Å². The molecule has 1 atom stereocenters. The van der Waals surface area contributed by atoms with Gasteiger partial charge >= 0.3 is 0 Å². The minimum atomic E-state index is -0.696. The van der Waals surface area contributed by atoms with E-state index in [0.29, 0.717) is 5.92 Å². The van der Waals surface area contributed by atoms with Gasteiger partial charge in [0.2, 0.25) is 5.91 Å². The summed E-state index contributed by atoms with van der Waals surface area (Å²) in [6.07, 6.45) is 1.68. The van der Waals surface area contributed by atoms with Gasteiger partial charge in [0.1, 0.15) is 0 Å². The van der Waals surface area contributed by atoms with Crippen LogP contribution in [0.1, 0.15) is 40.5 Å². The summed E-state index contributed by atoms with van der Waals surface area (Å²) in [4.78, 5) is 13.6. The summed E-state index contributed by atoms with van der Waals surface area (Å²) in [7, 11) is 1.82. The number of hydrogen-bond acceptors (Lipinski definition) is 2. The van der Waals surface area contributed by atoms with E-state index in [9.17, 15) is 4.79 Å². The average molecular weight is 200 g/mol. The smallest absolute Gasteiger partial charge is 0.242 e. The molecule has 0 bridgehead atoms. The number of nitrogens with zero attached hydrogens (tertiary/aromatic N) is 1. The Morgan fingerprint density at radius 3 is 2.36 bits per heavy atom. The van der Waals surface area contributed by atoms with Crippen molar-refractivity contribution in [2.45, 2.75) is 46.1 Å². The van der Waals surface area contributed by atoms with Gasteiger partial charge < -0.3 is 10.6 Å².